The van der Waals surface area contributed by atoms with Gasteiger partial charge >= 0.3 is 0 Å². The molecule has 0 amide bonds. The van der Waals surface area contributed by atoms with E-state index < -0.39 is 0 Å². The van der Waals surface area contributed by atoms with Gasteiger partial charge in [0.15, 0.2) is 0 Å². The van der Waals surface area contributed by atoms with Crippen LogP contribution < -0.4 is 10.6 Å². The SMILES string of the molecule is CCN(CC)CCCCN1CNCNC1. The Morgan fingerprint density at radius 2 is 1.73 bits per heavy atom. The van der Waals surface area contributed by atoms with Gasteiger partial charge < -0.3 is 4.90 Å². The zero-order valence-electron chi connectivity index (χ0n) is 10.3. The summed E-state index contributed by atoms with van der Waals surface area (Å²) in [6, 6.07) is 0. The van der Waals surface area contributed by atoms with Crippen molar-refractivity contribution in [3.05, 3.63) is 0 Å². The normalized spacial score (nSPS) is 18.6. The zero-order valence-corrected chi connectivity index (χ0v) is 10.3. The lowest BCUT2D eigenvalue weighted by molar-refractivity contribution is 0.184. The number of nitrogens with one attached hydrogen (secondary N) is 2. The fraction of sp³-hybridized carbons (Fsp3) is 1.00. The summed E-state index contributed by atoms with van der Waals surface area (Å²) in [7, 11) is 0. The van der Waals surface area contributed by atoms with Crippen LogP contribution in [0.25, 0.3) is 0 Å². The number of nitrogens with zero attached hydrogens (tertiary/aromatic N) is 2. The first-order chi connectivity index (χ1) is 7.36. The van der Waals surface area contributed by atoms with Gasteiger partial charge in [-0.15, -0.1) is 0 Å². The lowest BCUT2D eigenvalue weighted by Crippen LogP contribution is -2.50. The van der Waals surface area contributed by atoms with Crippen molar-refractivity contribution >= 4 is 0 Å². The van der Waals surface area contributed by atoms with E-state index in [9.17, 15) is 0 Å². The minimum absolute atomic E-state index is 0.954. The fourth-order valence-corrected chi connectivity index (χ4v) is 1.94. The van der Waals surface area contributed by atoms with Gasteiger partial charge in [0, 0.05) is 13.2 Å². The molecule has 0 unspecified atom stereocenters. The van der Waals surface area contributed by atoms with Crippen LogP contribution in [-0.4, -0.2) is 56.0 Å². The van der Waals surface area contributed by atoms with Gasteiger partial charge in [0.05, 0.1) is 13.3 Å². The molecule has 0 aromatic rings. The Bertz CT molecular complexity index is 142. The summed E-state index contributed by atoms with van der Waals surface area (Å²) in [4.78, 5) is 4.92. The molecule has 15 heavy (non-hydrogen) atoms. The van der Waals surface area contributed by atoms with Crippen molar-refractivity contribution in [1.29, 1.82) is 0 Å². The van der Waals surface area contributed by atoms with E-state index in [-0.39, 0.29) is 0 Å². The predicted molar refractivity (Wildman–Crippen MR) is 64.6 cm³/mol. The van der Waals surface area contributed by atoms with Crippen molar-refractivity contribution in [2.24, 2.45) is 0 Å². The summed E-state index contributed by atoms with van der Waals surface area (Å²) in [6.07, 6.45) is 2.62. The Labute approximate surface area is 94.0 Å². The topological polar surface area (TPSA) is 30.5 Å². The van der Waals surface area contributed by atoms with Crippen LogP contribution in [0, 0.1) is 0 Å². The minimum atomic E-state index is 0.954. The van der Waals surface area contributed by atoms with Gasteiger partial charge in [-0.3, -0.25) is 15.5 Å². The van der Waals surface area contributed by atoms with Crippen LogP contribution >= 0.6 is 0 Å². The van der Waals surface area contributed by atoms with Crippen molar-refractivity contribution in [2.45, 2.75) is 26.7 Å². The second-order valence-corrected chi connectivity index (χ2v) is 4.12. The van der Waals surface area contributed by atoms with Crippen molar-refractivity contribution in [3.63, 3.8) is 0 Å². The maximum absolute atomic E-state index is 3.31. The first-order valence-corrected chi connectivity index (χ1v) is 6.23. The third-order valence-electron chi connectivity index (χ3n) is 3.01. The molecule has 0 atom stereocenters. The maximum atomic E-state index is 3.31. The first kappa shape index (κ1) is 12.9. The molecule has 1 aliphatic rings. The maximum Gasteiger partial charge on any atom is 0.0502 e. The summed E-state index contributed by atoms with van der Waals surface area (Å²) < 4.78 is 0. The predicted octanol–water partition coefficient (Wildman–Crippen LogP) is 0.476. The van der Waals surface area contributed by atoms with Gasteiger partial charge in [-0.1, -0.05) is 13.8 Å². The van der Waals surface area contributed by atoms with Crippen LogP contribution in [0.1, 0.15) is 26.7 Å². The van der Waals surface area contributed by atoms with Crippen molar-refractivity contribution in [2.75, 3.05) is 46.2 Å². The smallest absolute Gasteiger partial charge is 0.0502 e. The highest BCUT2D eigenvalue weighted by Gasteiger charge is 2.07. The van der Waals surface area contributed by atoms with Crippen molar-refractivity contribution in [1.82, 2.24) is 20.4 Å². The Morgan fingerprint density at radius 3 is 2.33 bits per heavy atom. The average molecular weight is 214 g/mol. The van der Waals surface area contributed by atoms with E-state index in [2.05, 4.69) is 34.3 Å². The molecule has 0 spiro atoms. The molecule has 90 valence electrons. The fourth-order valence-electron chi connectivity index (χ4n) is 1.94. The van der Waals surface area contributed by atoms with Gasteiger partial charge in [0.25, 0.3) is 0 Å². The van der Waals surface area contributed by atoms with Crippen LogP contribution in [0.3, 0.4) is 0 Å². The molecule has 0 radical (unpaired) electrons. The van der Waals surface area contributed by atoms with Gasteiger partial charge in [-0.25, -0.2) is 0 Å². The largest absolute Gasteiger partial charge is 0.304 e. The molecule has 0 aromatic heterocycles. The minimum Gasteiger partial charge on any atom is -0.304 e. The van der Waals surface area contributed by atoms with Gasteiger partial charge in [-0.2, -0.15) is 0 Å². The number of hydrogen-bond acceptors (Lipinski definition) is 4. The van der Waals surface area contributed by atoms with Crippen LogP contribution in [0.15, 0.2) is 0 Å². The molecule has 1 rings (SSSR count). The number of rotatable bonds is 7. The van der Waals surface area contributed by atoms with Gasteiger partial charge in [-0.05, 0) is 32.5 Å². The summed E-state index contributed by atoms with van der Waals surface area (Å²) >= 11 is 0. The standard InChI is InChI=1S/C11H26N4/c1-3-14(4-2)7-5-6-8-15-10-12-9-13-11-15/h12-13H,3-11H2,1-2H3. The van der Waals surface area contributed by atoms with E-state index in [1.54, 1.807) is 0 Å². The highest BCUT2D eigenvalue weighted by molar-refractivity contribution is 4.61. The molecule has 4 heteroatoms. The van der Waals surface area contributed by atoms with Crippen LogP contribution in [0.2, 0.25) is 0 Å². The molecular formula is C11H26N4. The molecule has 1 fully saturated rings. The number of hydrogen-bond donors (Lipinski definition) is 2. The van der Waals surface area contributed by atoms with Crippen LogP contribution in [-0.2, 0) is 0 Å². The third kappa shape index (κ3) is 5.47. The molecule has 1 heterocycles. The average Bonchev–Trinajstić information content (AvgIpc) is 2.31. The monoisotopic (exact) mass is 214 g/mol. The highest BCUT2D eigenvalue weighted by atomic mass is 15.4. The summed E-state index contributed by atoms with van der Waals surface area (Å²) in [5.41, 5.74) is 0. The molecular weight excluding hydrogens is 188 g/mol. The van der Waals surface area contributed by atoms with E-state index in [4.69, 9.17) is 0 Å². The molecule has 1 saturated heterocycles. The van der Waals surface area contributed by atoms with Crippen LogP contribution in [0.5, 0.6) is 0 Å². The lowest BCUT2D eigenvalue weighted by Gasteiger charge is -2.28. The third-order valence-corrected chi connectivity index (χ3v) is 3.01. The summed E-state index contributed by atoms with van der Waals surface area (Å²) in [5, 5.41) is 6.62. The second-order valence-electron chi connectivity index (χ2n) is 4.12. The quantitative estimate of drug-likeness (QED) is 0.603. The molecule has 0 aliphatic carbocycles. The summed E-state index contributed by atoms with van der Waals surface area (Å²) in [5.74, 6) is 0. The molecule has 4 nitrogen and oxygen atoms in total. The van der Waals surface area contributed by atoms with Gasteiger partial charge in [0.1, 0.15) is 0 Å². The lowest BCUT2D eigenvalue weighted by atomic mass is 10.2. The highest BCUT2D eigenvalue weighted by Crippen LogP contribution is 1.98. The number of unbranched alkanes of at least 4 members (excludes halogenated alkanes) is 1. The Balaban J connectivity index is 1.95. The van der Waals surface area contributed by atoms with Gasteiger partial charge in [0.2, 0.25) is 0 Å². The Hall–Kier alpha value is -0.160. The van der Waals surface area contributed by atoms with E-state index in [1.165, 1.54) is 39.0 Å². The Kier molecular flexibility index (Phi) is 6.92. The molecule has 1 aliphatic heterocycles. The molecule has 0 bridgehead atoms. The van der Waals surface area contributed by atoms with E-state index in [1.807, 2.05) is 0 Å². The first-order valence-electron chi connectivity index (χ1n) is 6.23. The van der Waals surface area contributed by atoms with E-state index in [0.717, 1.165) is 20.0 Å². The molecule has 0 saturated carbocycles. The summed E-state index contributed by atoms with van der Waals surface area (Å²) in [6.45, 7) is 12.3. The van der Waals surface area contributed by atoms with Crippen molar-refractivity contribution in [3.8, 4) is 0 Å². The van der Waals surface area contributed by atoms with E-state index in [0.29, 0.717) is 0 Å². The molecule has 0 aromatic carbocycles. The van der Waals surface area contributed by atoms with Crippen LogP contribution in [0.4, 0.5) is 0 Å². The second kappa shape index (κ2) is 8.05. The Morgan fingerprint density at radius 1 is 1.07 bits per heavy atom. The zero-order chi connectivity index (χ0) is 10.9. The van der Waals surface area contributed by atoms with Crippen molar-refractivity contribution < 1.29 is 0 Å². The van der Waals surface area contributed by atoms with E-state index >= 15 is 0 Å². The molecule has 2 N–H and O–H groups in total.